The van der Waals surface area contributed by atoms with Crippen molar-refractivity contribution in [2.45, 2.75) is 38.0 Å². The van der Waals surface area contributed by atoms with Crippen molar-refractivity contribution in [2.75, 3.05) is 31.1 Å². The predicted octanol–water partition coefficient (Wildman–Crippen LogP) is 1.99. The minimum atomic E-state index is -4.83. The average molecular weight is 566 g/mol. The lowest BCUT2D eigenvalue weighted by Crippen LogP contribution is -2.57. The Labute approximate surface area is 214 Å². The van der Waals surface area contributed by atoms with Gasteiger partial charge < -0.3 is 20.0 Å². The van der Waals surface area contributed by atoms with E-state index >= 15 is 0 Å². The number of piperazine rings is 1. The molecular weight excluding hydrogens is 546 g/mol. The number of carbonyl (C=O) groups is 1. The Morgan fingerprint density at radius 2 is 1.82 bits per heavy atom. The third-order valence-corrected chi connectivity index (χ3v) is 6.72. The lowest BCUT2D eigenvalue weighted by atomic mass is 10.1. The zero-order valence-electron chi connectivity index (χ0n) is 19.5. The quantitative estimate of drug-likeness (QED) is 0.430. The molecular formula is C20H20F6N8O3S. The highest BCUT2D eigenvalue weighted by Crippen LogP contribution is 2.43. The summed E-state index contributed by atoms with van der Waals surface area (Å²) in [6, 6.07) is -0.816. The number of hydrogen-bond donors (Lipinski definition) is 2. The van der Waals surface area contributed by atoms with Gasteiger partial charge in [-0.2, -0.15) is 31.4 Å². The van der Waals surface area contributed by atoms with Gasteiger partial charge in [0.25, 0.3) is 0 Å². The Bertz CT molecular complexity index is 1280. The van der Waals surface area contributed by atoms with Gasteiger partial charge in [0.1, 0.15) is 29.7 Å². The van der Waals surface area contributed by atoms with E-state index in [0.29, 0.717) is 0 Å². The van der Waals surface area contributed by atoms with E-state index in [9.17, 15) is 41.4 Å². The van der Waals surface area contributed by atoms with Crippen molar-refractivity contribution < 1.29 is 41.4 Å². The summed E-state index contributed by atoms with van der Waals surface area (Å²) in [7, 11) is 0. The van der Waals surface area contributed by atoms with Crippen molar-refractivity contribution in [3.05, 3.63) is 35.4 Å². The van der Waals surface area contributed by atoms with Crippen LogP contribution in [0.5, 0.6) is 0 Å². The zero-order valence-corrected chi connectivity index (χ0v) is 20.3. The second kappa shape index (κ2) is 10.4. The van der Waals surface area contributed by atoms with Crippen LogP contribution in [0.2, 0.25) is 0 Å². The normalized spacial score (nSPS) is 17.7. The molecule has 2 N–H and O–H groups in total. The highest BCUT2D eigenvalue weighted by Gasteiger charge is 2.39. The number of amides is 1. The van der Waals surface area contributed by atoms with E-state index < -0.39 is 47.8 Å². The van der Waals surface area contributed by atoms with Gasteiger partial charge in [-0.3, -0.25) is 4.79 Å². The van der Waals surface area contributed by atoms with E-state index in [1.807, 2.05) is 0 Å². The maximum absolute atomic E-state index is 13.5. The highest BCUT2D eigenvalue weighted by molar-refractivity contribution is 7.16. The molecule has 0 spiro atoms. The summed E-state index contributed by atoms with van der Waals surface area (Å²) in [6.45, 7) is 0.686. The number of carbonyl (C=O) groups excluding carboxylic acids is 1. The van der Waals surface area contributed by atoms with Gasteiger partial charge in [-0.25, -0.2) is 24.6 Å². The first-order valence-corrected chi connectivity index (χ1v) is 11.8. The van der Waals surface area contributed by atoms with E-state index in [1.165, 1.54) is 27.7 Å². The highest BCUT2D eigenvalue weighted by atomic mass is 32.1. The van der Waals surface area contributed by atoms with Crippen LogP contribution in [0.25, 0.3) is 11.3 Å². The monoisotopic (exact) mass is 566 g/mol. The Morgan fingerprint density at radius 1 is 1.13 bits per heavy atom. The Hall–Kier alpha value is -3.38. The molecule has 0 aliphatic carbocycles. The van der Waals surface area contributed by atoms with Crippen LogP contribution in [0, 0.1) is 0 Å². The second-order valence-electron chi connectivity index (χ2n) is 8.31. The summed E-state index contributed by atoms with van der Waals surface area (Å²) in [5.74, 6) is -1.77. The number of nitrogens with zero attached hydrogens (tertiary/aromatic N) is 8. The van der Waals surface area contributed by atoms with Crippen molar-refractivity contribution in [1.29, 1.82) is 0 Å². The maximum atomic E-state index is 13.5. The summed E-state index contributed by atoms with van der Waals surface area (Å²) in [5.41, 5.74) is -0.417. The fourth-order valence-corrected chi connectivity index (χ4v) is 4.75. The molecule has 0 saturated carbocycles. The van der Waals surface area contributed by atoms with Crippen molar-refractivity contribution >= 4 is 22.2 Å². The van der Waals surface area contributed by atoms with Gasteiger partial charge in [0.05, 0.1) is 12.6 Å². The van der Waals surface area contributed by atoms with Crippen molar-refractivity contribution in [2.24, 2.45) is 0 Å². The Kier molecular flexibility index (Phi) is 7.57. The second-order valence-corrected chi connectivity index (χ2v) is 9.29. The Balaban J connectivity index is 1.57. The van der Waals surface area contributed by atoms with Crippen LogP contribution in [0.3, 0.4) is 0 Å². The van der Waals surface area contributed by atoms with Crippen LogP contribution in [0.1, 0.15) is 29.7 Å². The zero-order chi connectivity index (χ0) is 27.8. The number of aliphatic hydroxyl groups is 2. The van der Waals surface area contributed by atoms with Crippen LogP contribution in [0.15, 0.2) is 18.7 Å². The molecule has 2 unspecified atom stereocenters. The molecule has 2 atom stereocenters. The predicted molar refractivity (Wildman–Crippen MR) is 119 cm³/mol. The van der Waals surface area contributed by atoms with Crippen molar-refractivity contribution in [3.8, 4) is 11.3 Å². The summed E-state index contributed by atoms with van der Waals surface area (Å²) >= 11 is 0.289. The number of aliphatic hydroxyl groups excluding tert-OH is 2. The average Bonchev–Trinajstić information content (AvgIpc) is 3.51. The molecule has 3 aromatic heterocycles. The van der Waals surface area contributed by atoms with E-state index in [0.717, 1.165) is 12.4 Å². The standard InChI is InChI=1S/C20H20F6N8O3S/c1-10(36)15-29-9-33(31-15)7-13(37)34-3-2-32(6-12(34)8-35)16-14(30-18(38-16)20(24,25)26)11-4-27-17(28-5-11)19(21,22)23/h4-5,9-10,12,35-36H,2-3,6-8H2,1H3. The lowest BCUT2D eigenvalue weighted by molar-refractivity contribution is -0.145. The van der Waals surface area contributed by atoms with E-state index in [-0.39, 0.29) is 59.6 Å². The molecule has 1 aliphatic rings. The largest absolute Gasteiger partial charge is 0.451 e. The van der Waals surface area contributed by atoms with Crippen LogP contribution in [0.4, 0.5) is 31.3 Å². The van der Waals surface area contributed by atoms with Gasteiger partial charge in [0.2, 0.25) is 16.7 Å². The minimum Gasteiger partial charge on any atom is -0.394 e. The fourth-order valence-electron chi connectivity index (χ4n) is 3.76. The molecule has 0 radical (unpaired) electrons. The molecule has 18 heteroatoms. The summed E-state index contributed by atoms with van der Waals surface area (Å²) in [5, 5.41) is 22.2. The number of hydrogen-bond acceptors (Lipinski definition) is 10. The van der Waals surface area contributed by atoms with Gasteiger partial charge in [-0.1, -0.05) is 11.3 Å². The molecule has 11 nitrogen and oxygen atoms in total. The maximum Gasteiger partial charge on any atom is 0.451 e. The van der Waals surface area contributed by atoms with E-state index in [1.54, 1.807) is 0 Å². The molecule has 0 aromatic carbocycles. The van der Waals surface area contributed by atoms with E-state index in [2.05, 4.69) is 25.0 Å². The van der Waals surface area contributed by atoms with Gasteiger partial charge in [0, 0.05) is 37.6 Å². The number of aromatic nitrogens is 6. The molecule has 206 valence electrons. The van der Waals surface area contributed by atoms with Gasteiger partial charge >= 0.3 is 12.4 Å². The van der Waals surface area contributed by atoms with Gasteiger partial charge in [0.15, 0.2) is 5.82 Å². The number of thiazole rings is 1. The first-order valence-electron chi connectivity index (χ1n) is 11.0. The summed E-state index contributed by atoms with van der Waals surface area (Å²) < 4.78 is 80.2. The van der Waals surface area contributed by atoms with Gasteiger partial charge in [-0.15, -0.1) is 0 Å². The summed E-state index contributed by atoms with van der Waals surface area (Å²) in [6.07, 6.45) is -7.83. The molecule has 3 aromatic rings. The number of halogens is 6. The number of alkyl halides is 6. The molecule has 1 saturated heterocycles. The van der Waals surface area contributed by atoms with Gasteiger partial charge in [-0.05, 0) is 6.92 Å². The number of rotatable bonds is 6. The first-order chi connectivity index (χ1) is 17.8. The molecule has 38 heavy (non-hydrogen) atoms. The third kappa shape index (κ3) is 5.86. The molecule has 1 aliphatic heterocycles. The van der Waals surface area contributed by atoms with Crippen LogP contribution in [-0.2, 0) is 23.7 Å². The van der Waals surface area contributed by atoms with Crippen LogP contribution >= 0.6 is 11.3 Å². The topological polar surface area (TPSA) is 133 Å². The van der Waals surface area contributed by atoms with Crippen LogP contribution < -0.4 is 4.90 Å². The third-order valence-electron chi connectivity index (χ3n) is 5.56. The lowest BCUT2D eigenvalue weighted by Gasteiger charge is -2.41. The smallest absolute Gasteiger partial charge is 0.394 e. The molecule has 1 amide bonds. The first kappa shape index (κ1) is 27.6. The van der Waals surface area contributed by atoms with E-state index in [4.69, 9.17) is 0 Å². The molecule has 4 rings (SSSR count). The SMILES string of the molecule is CC(O)c1ncn(CC(=O)N2CCN(c3sc(C(F)(F)F)nc3-c3cnc(C(F)(F)F)nc3)CC2CO)n1. The molecule has 0 bridgehead atoms. The van der Waals surface area contributed by atoms with Crippen LogP contribution in [-0.4, -0.2) is 83.0 Å². The number of anilines is 1. The Morgan fingerprint density at radius 3 is 2.37 bits per heavy atom. The summed E-state index contributed by atoms with van der Waals surface area (Å²) in [4.78, 5) is 29.6. The molecule has 1 fully saturated rings. The van der Waals surface area contributed by atoms with Crippen molar-refractivity contribution in [1.82, 2.24) is 34.6 Å². The minimum absolute atomic E-state index is 0.0101. The fraction of sp³-hybridized carbons (Fsp3) is 0.500. The van der Waals surface area contributed by atoms with Crippen molar-refractivity contribution in [3.63, 3.8) is 0 Å². The molecule has 4 heterocycles.